The highest BCUT2D eigenvalue weighted by Crippen LogP contribution is 2.41. The fraction of sp³-hybridized carbons (Fsp3) is 0.333. The number of aromatic nitrogens is 1. The number of primary sulfonamides is 1. The third kappa shape index (κ3) is 7.07. The van der Waals surface area contributed by atoms with E-state index in [2.05, 4.69) is 4.98 Å². The van der Waals surface area contributed by atoms with Crippen LogP contribution in [0.2, 0.25) is 0 Å². The van der Waals surface area contributed by atoms with Crippen molar-refractivity contribution in [1.29, 1.82) is 0 Å². The van der Waals surface area contributed by atoms with Crippen molar-refractivity contribution in [3.63, 3.8) is 0 Å². The van der Waals surface area contributed by atoms with Crippen molar-refractivity contribution in [3.05, 3.63) is 76.7 Å². The summed E-state index contributed by atoms with van der Waals surface area (Å²) in [5.41, 5.74) is 5.55. The maximum absolute atomic E-state index is 14.3. The van der Waals surface area contributed by atoms with E-state index < -0.39 is 10.0 Å². The van der Waals surface area contributed by atoms with Crippen LogP contribution in [0, 0.1) is 12.7 Å². The van der Waals surface area contributed by atoms with E-state index in [4.69, 9.17) is 19.5 Å². The summed E-state index contributed by atoms with van der Waals surface area (Å²) < 4.78 is 43.9. The van der Waals surface area contributed by atoms with E-state index >= 15 is 0 Å². The zero-order valence-corrected chi connectivity index (χ0v) is 21.3. The van der Waals surface area contributed by atoms with Crippen LogP contribution in [0.4, 0.5) is 4.39 Å². The Morgan fingerprint density at radius 2 is 1.83 bits per heavy atom. The van der Waals surface area contributed by atoms with E-state index in [0.29, 0.717) is 24.8 Å². The molecule has 1 aromatic heterocycles. The van der Waals surface area contributed by atoms with Crippen LogP contribution in [-0.2, 0) is 26.0 Å². The molecule has 1 aliphatic rings. The number of carbonyl (C=O) groups excluding carboxylic acids is 2. The summed E-state index contributed by atoms with van der Waals surface area (Å²) in [7, 11) is -3.77. The summed E-state index contributed by atoms with van der Waals surface area (Å²) in [4.78, 5) is 20.7. The van der Waals surface area contributed by atoms with E-state index in [0.717, 1.165) is 46.2 Å². The summed E-state index contributed by atoms with van der Waals surface area (Å²) in [5.74, 6) is 0.799. The molecule has 0 bridgehead atoms. The molecule has 3 aromatic rings. The van der Waals surface area contributed by atoms with Crippen molar-refractivity contribution in [3.8, 4) is 17.0 Å². The Morgan fingerprint density at radius 3 is 2.44 bits per heavy atom. The average Bonchev–Trinajstić information content (AvgIpc) is 3.66. The minimum absolute atomic E-state index is 0.143. The molecule has 1 aliphatic carbocycles. The summed E-state index contributed by atoms with van der Waals surface area (Å²) in [6.45, 7) is 6.42. The zero-order valence-electron chi connectivity index (χ0n) is 20.5. The van der Waals surface area contributed by atoms with Gasteiger partial charge in [-0.25, -0.2) is 22.9 Å². The predicted octanol–water partition coefficient (Wildman–Crippen LogP) is 4.88. The number of nitrogens with two attached hydrogens (primary N) is 1. The molecule has 9 heteroatoms. The van der Waals surface area contributed by atoms with Crippen molar-refractivity contribution in [2.75, 3.05) is 6.61 Å². The summed E-state index contributed by atoms with van der Waals surface area (Å²) in [6, 6.07) is 12.1. The van der Waals surface area contributed by atoms with Crippen molar-refractivity contribution < 1.29 is 27.1 Å². The number of rotatable bonds is 8. The molecule has 190 valence electrons. The largest absolute Gasteiger partial charge is 0.477 e. The SMILES string of the molecule is Cc1c(-c2ccnc(OCCc3cc(C4CC4)cc(S(N)(=O)=O)c3)c2)cc(F)cc1C(C)C.O=C=O. The molecule has 4 rings (SSSR count). The van der Waals surface area contributed by atoms with Crippen LogP contribution in [0.25, 0.3) is 11.1 Å². The number of hydrogen-bond donors (Lipinski definition) is 1. The molecule has 7 nitrogen and oxygen atoms in total. The molecular weight excluding hydrogens is 483 g/mol. The molecular formula is C27H29FN2O5S. The average molecular weight is 513 g/mol. The molecule has 0 radical (unpaired) electrons. The second-order valence-corrected chi connectivity index (χ2v) is 10.7. The minimum atomic E-state index is -3.77. The molecule has 0 amide bonds. The number of benzene rings is 2. The molecule has 0 saturated heterocycles. The first-order chi connectivity index (χ1) is 17.0. The maximum atomic E-state index is 14.3. The lowest BCUT2D eigenvalue weighted by atomic mass is 9.91. The summed E-state index contributed by atoms with van der Waals surface area (Å²) >= 11 is 0. The lowest BCUT2D eigenvalue weighted by Crippen LogP contribution is -2.13. The van der Waals surface area contributed by atoms with Gasteiger partial charge >= 0.3 is 6.15 Å². The van der Waals surface area contributed by atoms with Crippen molar-refractivity contribution in [2.24, 2.45) is 5.14 Å². The van der Waals surface area contributed by atoms with Crippen molar-refractivity contribution in [2.45, 2.75) is 56.8 Å². The molecule has 1 fully saturated rings. The third-order valence-corrected chi connectivity index (χ3v) is 6.98. The Labute approximate surface area is 210 Å². The predicted molar refractivity (Wildman–Crippen MR) is 132 cm³/mol. The molecule has 1 heterocycles. The van der Waals surface area contributed by atoms with Gasteiger partial charge in [0.2, 0.25) is 15.9 Å². The van der Waals surface area contributed by atoms with Crippen molar-refractivity contribution in [1.82, 2.24) is 4.98 Å². The first-order valence-corrected chi connectivity index (χ1v) is 13.1. The fourth-order valence-electron chi connectivity index (χ4n) is 4.18. The molecule has 1 saturated carbocycles. The van der Waals surface area contributed by atoms with Gasteiger partial charge in [-0.1, -0.05) is 19.9 Å². The van der Waals surface area contributed by atoms with Gasteiger partial charge in [-0.2, -0.15) is 9.59 Å². The van der Waals surface area contributed by atoms with E-state index in [-0.39, 0.29) is 22.8 Å². The van der Waals surface area contributed by atoms with Crippen LogP contribution in [0.3, 0.4) is 0 Å². The Hall–Kier alpha value is -3.39. The van der Waals surface area contributed by atoms with Crippen LogP contribution in [0.15, 0.2) is 53.6 Å². The topological polar surface area (TPSA) is 116 Å². The van der Waals surface area contributed by atoms with Gasteiger partial charge in [0.25, 0.3) is 0 Å². The standard InChI is InChI=1S/C26H29FN2O3S.CO2/c1-16(2)24-14-22(27)15-25(17(24)3)20-6-8-29-26(13-20)32-9-7-18-10-21(19-4-5-19)12-23(11-18)33(28,30)31;2-1-3/h6,8,10-16,19H,4-5,7,9H2,1-3H3,(H2,28,30,31);. The Kier molecular flexibility index (Phi) is 8.74. The molecule has 2 aromatic carbocycles. The number of nitrogens with zero attached hydrogens (tertiary/aromatic N) is 1. The second-order valence-electron chi connectivity index (χ2n) is 9.12. The smallest absolute Gasteiger partial charge is 0.373 e. The Morgan fingerprint density at radius 1 is 1.14 bits per heavy atom. The quantitative estimate of drug-likeness (QED) is 0.460. The summed E-state index contributed by atoms with van der Waals surface area (Å²) in [6.07, 6.45) is 4.56. The minimum Gasteiger partial charge on any atom is -0.477 e. The van der Waals surface area contributed by atoms with Crippen molar-refractivity contribution >= 4 is 16.2 Å². The highest BCUT2D eigenvalue weighted by Gasteiger charge is 2.25. The van der Waals surface area contributed by atoms with Gasteiger partial charge in [-0.15, -0.1) is 0 Å². The lowest BCUT2D eigenvalue weighted by molar-refractivity contribution is -0.191. The molecule has 0 aliphatic heterocycles. The lowest BCUT2D eigenvalue weighted by Gasteiger charge is -2.15. The van der Waals surface area contributed by atoms with E-state index in [1.54, 1.807) is 30.5 Å². The second kappa shape index (κ2) is 11.6. The van der Waals surface area contributed by atoms with Crippen LogP contribution in [0.5, 0.6) is 5.88 Å². The molecule has 0 unspecified atom stereocenters. The Balaban J connectivity index is 0.00000115. The van der Waals surface area contributed by atoms with Gasteiger partial charge in [-0.05, 0) is 95.3 Å². The number of sulfonamides is 1. The van der Waals surface area contributed by atoms with E-state index in [1.165, 1.54) is 0 Å². The van der Waals surface area contributed by atoms with Crippen LogP contribution in [-0.4, -0.2) is 26.2 Å². The van der Waals surface area contributed by atoms with Gasteiger partial charge in [0, 0.05) is 18.7 Å². The summed E-state index contributed by atoms with van der Waals surface area (Å²) in [5, 5.41) is 5.36. The van der Waals surface area contributed by atoms with E-state index in [1.807, 2.05) is 39.0 Å². The van der Waals surface area contributed by atoms with Gasteiger partial charge in [-0.3, -0.25) is 0 Å². The van der Waals surface area contributed by atoms with E-state index in [9.17, 15) is 12.8 Å². The fourth-order valence-corrected chi connectivity index (χ4v) is 4.79. The zero-order chi connectivity index (χ0) is 26.5. The first kappa shape index (κ1) is 27.2. The maximum Gasteiger partial charge on any atom is 0.373 e. The number of pyridine rings is 1. The highest BCUT2D eigenvalue weighted by molar-refractivity contribution is 7.89. The van der Waals surface area contributed by atoms with Crippen LogP contribution < -0.4 is 9.88 Å². The first-order valence-electron chi connectivity index (χ1n) is 11.6. The normalized spacial score (nSPS) is 13.1. The molecule has 36 heavy (non-hydrogen) atoms. The Bertz CT molecular complexity index is 1380. The monoisotopic (exact) mass is 512 g/mol. The number of ether oxygens (including phenoxy) is 1. The van der Waals surface area contributed by atoms with Gasteiger partial charge in [0.15, 0.2) is 0 Å². The molecule has 0 atom stereocenters. The number of halogens is 1. The van der Waals surface area contributed by atoms with Gasteiger partial charge in [0.1, 0.15) is 5.82 Å². The number of hydrogen-bond acceptors (Lipinski definition) is 6. The van der Waals surface area contributed by atoms with Gasteiger partial charge < -0.3 is 4.74 Å². The molecule has 2 N–H and O–H groups in total. The molecule has 0 spiro atoms. The third-order valence-electron chi connectivity index (χ3n) is 6.09. The highest BCUT2D eigenvalue weighted by atomic mass is 32.2. The van der Waals surface area contributed by atoms with Gasteiger partial charge in [0.05, 0.1) is 11.5 Å². The van der Waals surface area contributed by atoms with Crippen LogP contribution in [0.1, 0.15) is 60.8 Å². The van der Waals surface area contributed by atoms with Crippen LogP contribution >= 0.6 is 0 Å².